The summed E-state index contributed by atoms with van der Waals surface area (Å²) in [5, 5.41) is 2.86. The van der Waals surface area contributed by atoms with Crippen molar-refractivity contribution in [1.82, 2.24) is 0 Å². The number of halogens is 1. The predicted octanol–water partition coefficient (Wildman–Crippen LogP) is 2.75. The van der Waals surface area contributed by atoms with Crippen molar-refractivity contribution < 1.29 is 4.79 Å². The highest BCUT2D eigenvalue weighted by atomic mass is 127. The van der Waals surface area contributed by atoms with Crippen LogP contribution >= 0.6 is 22.6 Å². The average Bonchev–Trinajstić information content (AvgIpc) is 2.14. The van der Waals surface area contributed by atoms with Crippen molar-refractivity contribution in [2.24, 2.45) is 5.73 Å². The Morgan fingerprint density at radius 1 is 1.50 bits per heavy atom. The van der Waals surface area contributed by atoms with E-state index in [2.05, 4.69) is 27.9 Å². The predicted molar refractivity (Wildman–Crippen MR) is 75.3 cm³/mol. The van der Waals surface area contributed by atoms with E-state index in [0.717, 1.165) is 9.26 Å². The first kappa shape index (κ1) is 13.4. The second-order valence-corrected chi connectivity index (χ2v) is 5.79. The SMILES string of the molecule is CC(C)(N)CCC(=O)Nc1cccc(I)c1. The van der Waals surface area contributed by atoms with E-state index in [1.807, 2.05) is 38.1 Å². The normalized spacial score (nSPS) is 11.2. The molecule has 0 aromatic heterocycles. The maximum Gasteiger partial charge on any atom is 0.224 e. The highest BCUT2D eigenvalue weighted by Crippen LogP contribution is 2.14. The van der Waals surface area contributed by atoms with Gasteiger partial charge in [-0.15, -0.1) is 0 Å². The van der Waals surface area contributed by atoms with Crippen LogP contribution in [0.1, 0.15) is 26.7 Å². The van der Waals surface area contributed by atoms with Gasteiger partial charge in [-0.2, -0.15) is 0 Å². The summed E-state index contributed by atoms with van der Waals surface area (Å²) < 4.78 is 1.11. The molecular formula is C12H17IN2O. The topological polar surface area (TPSA) is 55.1 Å². The Balaban J connectivity index is 2.46. The van der Waals surface area contributed by atoms with Crippen LogP contribution in [-0.4, -0.2) is 11.4 Å². The summed E-state index contributed by atoms with van der Waals surface area (Å²) in [4.78, 5) is 11.6. The molecular weight excluding hydrogens is 315 g/mol. The van der Waals surface area contributed by atoms with E-state index < -0.39 is 0 Å². The Morgan fingerprint density at radius 3 is 2.75 bits per heavy atom. The molecule has 88 valence electrons. The van der Waals surface area contributed by atoms with Gasteiger partial charge in [0.2, 0.25) is 5.91 Å². The number of carbonyl (C=O) groups is 1. The van der Waals surface area contributed by atoms with Gasteiger partial charge in [0.25, 0.3) is 0 Å². The molecule has 0 saturated carbocycles. The quantitative estimate of drug-likeness (QED) is 0.833. The fourth-order valence-corrected chi connectivity index (χ4v) is 1.77. The molecule has 0 bridgehead atoms. The lowest BCUT2D eigenvalue weighted by Crippen LogP contribution is -2.33. The molecule has 1 aromatic carbocycles. The number of nitrogens with two attached hydrogens (primary N) is 1. The second kappa shape index (κ2) is 5.63. The maximum absolute atomic E-state index is 11.6. The first-order chi connectivity index (χ1) is 7.37. The fourth-order valence-electron chi connectivity index (χ4n) is 1.23. The van der Waals surface area contributed by atoms with Crippen molar-refractivity contribution in [3.8, 4) is 0 Å². The molecule has 0 fully saturated rings. The first-order valence-electron chi connectivity index (χ1n) is 5.21. The number of carbonyl (C=O) groups excluding carboxylic acids is 1. The monoisotopic (exact) mass is 332 g/mol. The number of benzene rings is 1. The molecule has 4 heteroatoms. The summed E-state index contributed by atoms with van der Waals surface area (Å²) in [7, 11) is 0. The van der Waals surface area contributed by atoms with Crippen molar-refractivity contribution >= 4 is 34.2 Å². The number of hydrogen-bond donors (Lipinski definition) is 2. The lowest BCUT2D eigenvalue weighted by atomic mass is 10.00. The summed E-state index contributed by atoms with van der Waals surface area (Å²) >= 11 is 2.22. The van der Waals surface area contributed by atoms with Crippen LogP contribution in [0, 0.1) is 3.57 Å². The average molecular weight is 332 g/mol. The maximum atomic E-state index is 11.6. The standard InChI is InChI=1S/C12H17IN2O/c1-12(2,14)7-6-11(16)15-10-5-3-4-9(13)8-10/h3-5,8H,6-7,14H2,1-2H3,(H,15,16). The van der Waals surface area contributed by atoms with Gasteiger partial charge >= 0.3 is 0 Å². The zero-order valence-corrected chi connectivity index (χ0v) is 11.7. The van der Waals surface area contributed by atoms with Gasteiger partial charge in [-0.25, -0.2) is 0 Å². The van der Waals surface area contributed by atoms with E-state index >= 15 is 0 Å². The molecule has 0 atom stereocenters. The Labute approximate surface area is 110 Å². The van der Waals surface area contributed by atoms with Crippen LogP contribution in [0.4, 0.5) is 5.69 Å². The molecule has 3 N–H and O–H groups in total. The highest BCUT2D eigenvalue weighted by molar-refractivity contribution is 14.1. The van der Waals surface area contributed by atoms with E-state index in [9.17, 15) is 4.79 Å². The Bertz CT molecular complexity index is 372. The molecule has 0 radical (unpaired) electrons. The van der Waals surface area contributed by atoms with Gasteiger partial charge < -0.3 is 11.1 Å². The summed E-state index contributed by atoms with van der Waals surface area (Å²) in [6.45, 7) is 3.84. The summed E-state index contributed by atoms with van der Waals surface area (Å²) in [6.07, 6.45) is 1.14. The molecule has 0 aliphatic carbocycles. The Kier molecular flexibility index (Phi) is 4.73. The second-order valence-electron chi connectivity index (χ2n) is 4.55. The van der Waals surface area contributed by atoms with Gasteiger partial charge in [0.1, 0.15) is 0 Å². The van der Waals surface area contributed by atoms with Crippen molar-refractivity contribution in [3.63, 3.8) is 0 Å². The molecule has 0 aliphatic heterocycles. The van der Waals surface area contributed by atoms with Gasteiger partial charge in [-0.3, -0.25) is 4.79 Å². The first-order valence-corrected chi connectivity index (χ1v) is 6.29. The van der Waals surface area contributed by atoms with Crippen LogP contribution in [-0.2, 0) is 4.79 Å². The van der Waals surface area contributed by atoms with Crippen molar-refractivity contribution in [3.05, 3.63) is 27.8 Å². The largest absolute Gasteiger partial charge is 0.326 e. The van der Waals surface area contributed by atoms with Gasteiger partial charge in [0.05, 0.1) is 0 Å². The molecule has 3 nitrogen and oxygen atoms in total. The molecule has 16 heavy (non-hydrogen) atoms. The summed E-state index contributed by atoms with van der Waals surface area (Å²) in [5.74, 6) is 0.0144. The van der Waals surface area contributed by atoms with Gasteiger partial charge in [0.15, 0.2) is 0 Å². The van der Waals surface area contributed by atoms with Gasteiger partial charge in [-0.1, -0.05) is 6.07 Å². The highest BCUT2D eigenvalue weighted by Gasteiger charge is 2.13. The zero-order valence-electron chi connectivity index (χ0n) is 9.59. The molecule has 1 rings (SSSR count). The molecule has 0 spiro atoms. The lowest BCUT2D eigenvalue weighted by molar-refractivity contribution is -0.116. The van der Waals surface area contributed by atoms with Crippen molar-refractivity contribution in [2.45, 2.75) is 32.2 Å². The van der Waals surface area contributed by atoms with Crippen LogP contribution in [0.3, 0.4) is 0 Å². The van der Waals surface area contributed by atoms with E-state index in [1.54, 1.807) is 0 Å². The lowest BCUT2D eigenvalue weighted by Gasteiger charge is -2.17. The number of rotatable bonds is 4. The Morgan fingerprint density at radius 2 is 2.19 bits per heavy atom. The van der Waals surface area contributed by atoms with Crippen LogP contribution < -0.4 is 11.1 Å². The van der Waals surface area contributed by atoms with Crippen molar-refractivity contribution in [2.75, 3.05) is 5.32 Å². The van der Waals surface area contributed by atoms with E-state index in [4.69, 9.17) is 5.73 Å². The zero-order chi connectivity index (χ0) is 12.2. The third kappa shape index (κ3) is 5.46. The number of hydrogen-bond acceptors (Lipinski definition) is 2. The van der Waals surface area contributed by atoms with Gasteiger partial charge in [0, 0.05) is 21.2 Å². The molecule has 0 saturated heterocycles. The molecule has 1 amide bonds. The Hall–Kier alpha value is -0.620. The molecule has 1 aromatic rings. The van der Waals surface area contributed by atoms with Crippen LogP contribution in [0.5, 0.6) is 0 Å². The fraction of sp³-hybridized carbons (Fsp3) is 0.417. The summed E-state index contributed by atoms with van der Waals surface area (Å²) in [5.41, 5.74) is 6.37. The van der Waals surface area contributed by atoms with E-state index in [0.29, 0.717) is 12.8 Å². The third-order valence-corrected chi connectivity index (χ3v) is 2.78. The smallest absolute Gasteiger partial charge is 0.224 e. The van der Waals surface area contributed by atoms with E-state index in [-0.39, 0.29) is 11.4 Å². The van der Waals surface area contributed by atoms with E-state index in [1.165, 1.54) is 0 Å². The third-order valence-electron chi connectivity index (χ3n) is 2.10. The van der Waals surface area contributed by atoms with Crippen LogP contribution in [0.2, 0.25) is 0 Å². The molecule has 0 heterocycles. The minimum absolute atomic E-state index is 0.0144. The number of anilines is 1. The van der Waals surface area contributed by atoms with Crippen LogP contribution in [0.15, 0.2) is 24.3 Å². The van der Waals surface area contributed by atoms with Gasteiger partial charge in [-0.05, 0) is 61.1 Å². The number of nitrogens with one attached hydrogen (secondary N) is 1. The minimum Gasteiger partial charge on any atom is -0.326 e. The van der Waals surface area contributed by atoms with Crippen LogP contribution in [0.25, 0.3) is 0 Å². The number of amides is 1. The minimum atomic E-state index is -0.289. The molecule has 0 unspecified atom stereocenters. The summed E-state index contributed by atoms with van der Waals surface area (Å²) in [6, 6.07) is 7.73. The molecule has 0 aliphatic rings. The van der Waals surface area contributed by atoms with Crippen molar-refractivity contribution in [1.29, 1.82) is 0 Å².